The van der Waals surface area contributed by atoms with Crippen LogP contribution in [-0.4, -0.2) is 5.97 Å². The molecule has 0 aromatic heterocycles. The number of hydrogen-bond donors (Lipinski definition) is 0. The van der Waals surface area contributed by atoms with Crippen molar-refractivity contribution in [1.82, 2.24) is 0 Å². The van der Waals surface area contributed by atoms with Gasteiger partial charge in [0.15, 0.2) is 0 Å². The molecule has 64 valence electrons. The molecule has 0 bridgehead atoms. The number of carbonyl (C=O) groups excluding carboxylic acids is 1. The lowest BCUT2D eigenvalue weighted by Crippen LogP contribution is -2.01. The normalized spacial score (nSPS) is 9.58. The summed E-state index contributed by atoms with van der Waals surface area (Å²) in [6, 6.07) is 5.57. The molecule has 0 atom stereocenters. The van der Waals surface area contributed by atoms with Crippen molar-refractivity contribution in [2.45, 2.75) is 6.92 Å². The van der Waals surface area contributed by atoms with Gasteiger partial charge in [-0.2, -0.15) is 0 Å². The van der Waals surface area contributed by atoms with Gasteiger partial charge in [0.1, 0.15) is 5.75 Å². The first-order valence-corrected chi connectivity index (χ1v) is 5.10. The molecule has 0 N–H and O–H groups in total. The molecule has 0 unspecified atom stereocenters. The molecule has 0 amide bonds. The molecule has 2 nitrogen and oxygen atoms in total. The van der Waals surface area contributed by atoms with Gasteiger partial charge < -0.3 is 4.74 Å². The van der Waals surface area contributed by atoms with Crippen LogP contribution in [0.4, 0.5) is 0 Å². The minimum absolute atomic E-state index is 0.308. The molecule has 0 fully saturated rings. The summed E-state index contributed by atoms with van der Waals surface area (Å²) in [7, 11) is 0. The Bertz CT molecular complexity index is 312. The van der Waals surface area contributed by atoms with Gasteiger partial charge in [-0.15, -0.1) is 0 Å². The predicted octanol–water partition coefficient (Wildman–Crippen LogP) is 2.98. The summed E-state index contributed by atoms with van der Waals surface area (Å²) in [6.07, 6.45) is 0. The van der Waals surface area contributed by atoms with Crippen molar-refractivity contribution >= 4 is 44.5 Å². The molecule has 1 aromatic rings. The quantitative estimate of drug-likeness (QED) is 0.446. The van der Waals surface area contributed by atoms with Gasteiger partial charge in [-0.3, -0.25) is 4.79 Å². The van der Waals surface area contributed by atoms with E-state index in [-0.39, 0.29) is 5.97 Å². The summed E-state index contributed by atoms with van der Waals surface area (Å²) >= 11 is 5.44. The number of ether oxygens (including phenoxy) is 1. The molecule has 0 radical (unpaired) electrons. The summed E-state index contributed by atoms with van der Waals surface area (Å²) < 4.78 is 6.76. The Labute approximate surface area is 92.6 Å². The molecule has 0 spiro atoms. The van der Waals surface area contributed by atoms with Gasteiger partial charge in [0.25, 0.3) is 0 Å². The average molecular weight is 341 g/mol. The highest BCUT2D eigenvalue weighted by atomic mass is 127. The molecule has 12 heavy (non-hydrogen) atoms. The van der Waals surface area contributed by atoms with E-state index in [4.69, 9.17) is 4.74 Å². The van der Waals surface area contributed by atoms with E-state index in [0.717, 1.165) is 8.04 Å². The highest BCUT2D eigenvalue weighted by Gasteiger charge is 2.03. The van der Waals surface area contributed by atoms with Crippen molar-refractivity contribution in [3.05, 3.63) is 26.2 Å². The van der Waals surface area contributed by atoms with Crippen molar-refractivity contribution < 1.29 is 9.53 Å². The maximum absolute atomic E-state index is 10.6. The monoisotopic (exact) mass is 340 g/mol. The average Bonchev–Trinajstić information content (AvgIpc) is 1.96. The van der Waals surface area contributed by atoms with Crippen molar-refractivity contribution in [3.8, 4) is 5.75 Å². The second-order valence-corrected chi connectivity index (χ2v) is 4.27. The maximum atomic E-state index is 10.6. The molecule has 0 aliphatic rings. The number of carbonyl (C=O) groups is 1. The van der Waals surface area contributed by atoms with Gasteiger partial charge >= 0.3 is 5.97 Å². The highest BCUT2D eigenvalue weighted by Crippen LogP contribution is 2.26. The first-order valence-electron chi connectivity index (χ1n) is 3.23. The van der Waals surface area contributed by atoms with Crippen LogP contribution in [-0.2, 0) is 4.79 Å². The van der Waals surface area contributed by atoms with E-state index >= 15 is 0 Å². The summed E-state index contributed by atoms with van der Waals surface area (Å²) in [4.78, 5) is 10.6. The SMILES string of the molecule is CC(=O)Oc1cc(I)ccc1Br. The van der Waals surface area contributed by atoms with Crippen LogP contribution >= 0.6 is 38.5 Å². The van der Waals surface area contributed by atoms with Crippen LogP contribution in [0.15, 0.2) is 22.7 Å². The van der Waals surface area contributed by atoms with E-state index in [1.54, 1.807) is 6.07 Å². The van der Waals surface area contributed by atoms with Crippen LogP contribution in [0.25, 0.3) is 0 Å². The fourth-order valence-electron chi connectivity index (χ4n) is 0.710. The molecule has 1 rings (SSSR count). The summed E-state index contributed by atoms with van der Waals surface area (Å²) in [5.74, 6) is 0.257. The third-order valence-corrected chi connectivity index (χ3v) is 2.47. The zero-order valence-electron chi connectivity index (χ0n) is 6.30. The zero-order chi connectivity index (χ0) is 9.14. The lowest BCUT2D eigenvalue weighted by Gasteiger charge is -2.03. The number of benzene rings is 1. The highest BCUT2D eigenvalue weighted by molar-refractivity contribution is 14.1. The molecule has 0 aliphatic heterocycles. The van der Waals surface area contributed by atoms with Crippen molar-refractivity contribution in [3.63, 3.8) is 0 Å². The Balaban J connectivity index is 2.97. The summed E-state index contributed by atoms with van der Waals surface area (Å²) in [5.41, 5.74) is 0. The van der Waals surface area contributed by atoms with Gasteiger partial charge in [-0.1, -0.05) is 0 Å². The van der Waals surface area contributed by atoms with Crippen LogP contribution in [0.1, 0.15) is 6.92 Å². The molecule has 1 aromatic carbocycles. The van der Waals surface area contributed by atoms with Crippen LogP contribution in [0.3, 0.4) is 0 Å². The van der Waals surface area contributed by atoms with Crippen LogP contribution in [0.2, 0.25) is 0 Å². The first-order chi connectivity index (χ1) is 5.59. The molecule has 0 saturated carbocycles. The van der Waals surface area contributed by atoms with E-state index in [1.165, 1.54) is 6.92 Å². The summed E-state index contributed by atoms with van der Waals surface area (Å²) in [6.45, 7) is 1.38. The Morgan fingerprint density at radius 2 is 2.25 bits per heavy atom. The standard InChI is InChI=1S/C8H6BrIO2/c1-5(11)12-8-4-6(10)2-3-7(8)9/h2-4H,1H3. The second kappa shape index (κ2) is 4.23. The fourth-order valence-corrected chi connectivity index (χ4v) is 1.50. The number of rotatable bonds is 1. The van der Waals surface area contributed by atoms with Crippen LogP contribution in [0.5, 0.6) is 5.75 Å². The van der Waals surface area contributed by atoms with E-state index < -0.39 is 0 Å². The first kappa shape index (κ1) is 9.98. The van der Waals surface area contributed by atoms with Crippen molar-refractivity contribution in [1.29, 1.82) is 0 Å². The Kier molecular flexibility index (Phi) is 3.52. The molecule has 4 heteroatoms. The van der Waals surface area contributed by atoms with Gasteiger partial charge in [0, 0.05) is 10.5 Å². The van der Waals surface area contributed by atoms with Crippen LogP contribution < -0.4 is 4.74 Å². The Morgan fingerprint density at radius 3 is 2.83 bits per heavy atom. The van der Waals surface area contributed by atoms with E-state index in [2.05, 4.69) is 38.5 Å². The minimum atomic E-state index is -0.308. The van der Waals surface area contributed by atoms with Crippen LogP contribution in [0, 0.1) is 3.57 Å². The Morgan fingerprint density at radius 1 is 1.58 bits per heavy atom. The zero-order valence-corrected chi connectivity index (χ0v) is 10.0. The summed E-state index contributed by atoms with van der Waals surface area (Å²) in [5, 5.41) is 0. The topological polar surface area (TPSA) is 26.3 Å². The third kappa shape index (κ3) is 2.75. The smallest absolute Gasteiger partial charge is 0.308 e. The lowest BCUT2D eigenvalue weighted by molar-refractivity contribution is -0.131. The minimum Gasteiger partial charge on any atom is -0.425 e. The number of hydrogen-bond acceptors (Lipinski definition) is 2. The van der Waals surface area contributed by atoms with E-state index in [9.17, 15) is 4.79 Å². The maximum Gasteiger partial charge on any atom is 0.308 e. The molecular formula is C8H6BrIO2. The van der Waals surface area contributed by atoms with Crippen molar-refractivity contribution in [2.24, 2.45) is 0 Å². The largest absolute Gasteiger partial charge is 0.425 e. The second-order valence-electron chi connectivity index (χ2n) is 2.17. The number of esters is 1. The number of halogens is 2. The van der Waals surface area contributed by atoms with Gasteiger partial charge in [0.2, 0.25) is 0 Å². The van der Waals surface area contributed by atoms with Gasteiger partial charge in [-0.05, 0) is 56.7 Å². The lowest BCUT2D eigenvalue weighted by atomic mass is 10.3. The van der Waals surface area contributed by atoms with E-state index in [0.29, 0.717) is 5.75 Å². The fraction of sp³-hybridized carbons (Fsp3) is 0.125. The Hall–Kier alpha value is -0.100. The third-order valence-electron chi connectivity index (χ3n) is 1.15. The predicted molar refractivity (Wildman–Crippen MR) is 58.2 cm³/mol. The van der Waals surface area contributed by atoms with Crippen molar-refractivity contribution in [2.75, 3.05) is 0 Å². The van der Waals surface area contributed by atoms with Gasteiger partial charge in [-0.25, -0.2) is 0 Å². The van der Waals surface area contributed by atoms with E-state index in [1.807, 2.05) is 12.1 Å². The molecule has 0 saturated heterocycles. The molecular weight excluding hydrogens is 335 g/mol. The van der Waals surface area contributed by atoms with Gasteiger partial charge in [0.05, 0.1) is 4.47 Å². The molecule has 0 heterocycles. The molecule has 0 aliphatic carbocycles.